The van der Waals surface area contributed by atoms with Crippen LogP contribution in [0.4, 0.5) is 5.13 Å². The number of rotatable bonds is 5. The van der Waals surface area contributed by atoms with Gasteiger partial charge in [0.1, 0.15) is 5.82 Å². The van der Waals surface area contributed by atoms with Crippen LogP contribution >= 0.6 is 11.3 Å². The summed E-state index contributed by atoms with van der Waals surface area (Å²) in [4.78, 5) is 23.5. The molecule has 0 aliphatic rings. The van der Waals surface area contributed by atoms with Crippen LogP contribution in [-0.2, 0) is 20.0 Å². The zero-order valence-corrected chi connectivity index (χ0v) is 13.7. The maximum atomic E-state index is 12.1. The van der Waals surface area contributed by atoms with Crippen LogP contribution in [-0.4, -0.2) is 31.2 Å². The van der Waals surface area contributed by atoms with Gasteiger partial charge in [0.2, 0.25) is 10.1 Å². The van der Waals surface area contributed by atoms with Crippen molar-refractivity contribution in [2.75, 3.05) is 11.9 Å². The number of fused-ring (bicyclic) bond motifs is 1. The Morgan fingerprint density at radius 1 is 1.41 bits per heavy atom. The van der Waals surface area contributed by atoms with Crippen molar-refractivity contribution >= 4 is 21.4 Å². The quantitative estimate of drug-likeness (QED) is 0.712. The van der Waals surface area contributed by atoms with E-state index in [1.165, 1.54) is 15.9 Å². The number of aryl methyl sites for hydroxylation is 2. The molecule has 8 heteroatoms. The average molecular weight is 318 g/mol. The van der Waals surface area contributed by atoms with Crippen molar-refractivity contribution in [3.05, 3.63) is 40.3 Å². The number of aromatic nitrogens is 5. The second kappa shape index (κ2) is 5.88. The summed E-state index contributed by atoms with van der Waals surface area (Å²) in [6.07, 6.45) is 5.45. The summed E-state index contributed by atoms with van der Waals surface area (Å²) in [7, 11) is 3.89. The molecule has 3 heterocycles. The van der Waals surface area contributed by atoms with Crippen LogP contribution in [0.3, 0.4) is 0 Å². The van der Waals surface area contributed by atoms with Gasteiger partial charge in [0.15, 0.2) is 0 Å². The molecule has 0 aliphatic heterocycles. The fourth-order valence-corrected chi connectivity index (χ4v) is 3.10. The lowest BCUT2D eigenvalue weighted by molar-refractivity contribution is 0.750. The smallest absolute Gasteiger partial charge is 0.275 e. The van der Waals surface area contributed by atoms with Crippen LogP contribution in [0.15, 0.2) is 23.3 Å². The summed E-state index contributed by atoms with van der Waals surface area (Å²) in [6, 6.07) is 1.57. The van der Waals surface area contributed by atoms with E-state index in [9.17, 15) is 4.79 Å². The highest BCUT2D eigenvalue weighted by molar-refractivity contribution is 7.20. The summed E-state index contributed by atoms with van der Waals surface area (Å²) < 4.78 is 3.33. The molecule has 0 bridgehead atoms. The van der Waals surface area contributed by atoms with E-state index < -0.39 is 0 Å². The molecule has 116 valence electrons. The van der Waals surface area contributed by atoms with Crippen molar-refractivity contribution in [1.82, 2.24) is 24.1 Å². The molecule has 0 atom stereocenters. The molecule has 0 fully saturated rings. The van der Waals surface area contributed by atoms with E-state index in [0.29, 0.717) is 11.5 Å². The van der Waals surface area contributed by atoms with Gasteiger partial charge in [0, 0.05) is 38.2 Å². The molecule has 0 saturated heterocycles. The Morgan fingerprint density at radius 3 is 2.91 bits per heavy atom. The third-order valence-corrected chi connectivity index (χ3v) is 4.44. The molecule has 3 rings (SSSR count). The van der Waals surface area contributed by atoms with Gasteiger partial charge in [-0.2, -0.15) is 4.52 Å². The van der Waals surface area contributed by atoms with Crippen LogP contribution in [0.5, 0.6) is 0 Å². The summed E-state index contributed by atoms with van der Waals surface area (Å²) in [5.41, 5.74) is 0.704. The first-order valence-electron chi connectivity index (χ1n) is 7.15. The molecule has 0 radical (unpaired) electrons. The molecule has 0 unspecified atom stereocenters. The van der Waals surface area contributed by atoms with Crippen LogP contribution in [0.25, 0.3) is 4.96 Å². The van der Waals surface area contributed by atoms with Gasteiger partial charge in [-0.3, -0.25) is 4.79 Å². The first-order chi connectivity index (χ1) is 10.6. The fraction of sp³-hybridized carbons (Fsp3) is 0.429. The lowest BCUT2D eigenvalue weighted by atomic mass is 10.2. The number of imidazole rings is 1. The summed E-state index contributed by atoms with van der Waals surface area (Å²) in [5, 5.41) is 5.12. The second-order valence-electron chi connectivity index (χ2n) is 5.23. The molecule has 0 aromatic carbocycles. The fourth-order valence-electron chi connectivity index (χ4n) is 2.21. The number of nitrogens with zero attached hydrogens (tertiary/aromatic N) is 6. The molecule has 0 saturated carbocycles. The van der Waals surface area contributed by atoms with Crippen molar-refractivity contribution in [2.45, 2.75) is 26.3 Å². The second-order valence-corrected chi connectivity index (χ2v) is 6.16. The topological polar surface area (TPSA) is 68.3 Å². The predicted molar refractivity (Wildman–Crippen MR) is 86.4 cm³/mol. The van der Waals surface area contributed by atoms with Gasteiger partial charge in [-0.25, -0.2) is 9.97 Å². The first kappa shape index (κ1) is 14.7. The number of anilines is 1. The van der Waals surface area contributed by atoms with Gasteiger partial charge in [-0.15, -0.1) is 5.10 Å². The van der Waals surface area contributed by atoms with Crippen molar-refractivity contribution in [3.63, 3.8) is 0 Å². The Kier molecular flexibility index (Phi) is 3.93. The van der Waals surface area contributed by atoms with E-state index in [1.54, 1.807) is 12.3 Å². The van der Waals surface area contributed by atoms with Gasteiger partial charge < -0.3 is 9.47 Å². The molecule has 0 aliphatic carbocycles. The van der Waals surface area contributed by atoms with Gasteiger partial charge in [0.05, 0.1) is 6.54 Å². The Labute approximate surface area is 131 Å². The minimum Gasteiger partial charge on any atom is -0.342 e. The van der Waals surface area contributed by atoms with E-state index in [0.717, 1.165) is 29.5 Å². The first-order valence-corrected chi connectivity index (χ1v) is 7.97. The van der Waals surface area contributed by atoms with Crippen molar-refractivity contribution in [1.29, 1.82) is 0 Å². The lowest BCUT2D eigenvalue weighted by Crippen LogP contribution is -2.20. The SMILES string of the molecule is CCCc1cc(=O)n2nc(N(C)Cc3nccn3C)sc2n1. The summed E-state index contributed by atoms with van der Waals surface area (Å²) >= 11 is 1.42. The van der Waals surface area contributed by atoms with E-state index in [4.69, 9.17) is 0 Å². The third kappa shape index (κ3) is 2.74. The van der Waals surface area contributed by atoms with Crippen LogP contribution in [0.1, 0.15) is 24.9 Å². The largest absolute Gasteiger partial charge is 0.342 e. The van der Waals surface area contributed by atoms with E-state index in [1.807, 2.05) is 29.8 Å². The molecule has 7 nitrogen and oxygen atoms in total. The van der Waals surface area contributed by atoms with E-state index in [-0.39, 0.29) is 5.56 Å². The molecule has 0 spiro atoms. The Hall–Kier alpha value is -2.22. The predicted octanol–water partition coefficient (Wildman–Crippen LogP) is 1.47. The maximum Gasteiger partial charge on any atom is 0.275 e. The highest BCUT2D eigenvalue weighted by Crippen LogP contribution is 2.21. The van der Waals surface area contributed by atoms with Gasteiger partial charge in [0.25, 0.3) is 5.56 Å². The third-order valence-electron chi connectivity index (χ3n) is 3.42. The minimum atomic E-state index is -0.124. The van der Waals surface area contributed by atoms with E-state index >= 15 is 0 Å². The monoisotopic (exact) mass is 318 g/mol. The van der Waals surface area contributed by atoms with Gasteiger partial charge >= 0.3 is 0 Å². The molecule has 22 heavy (non-hydrogen) atoms. The van der Waals surface area contributed by atoms with Gasteiger partial charge in [-0.1, -0.05) is 24.7 Å². The van der Waals surface area contributed by atoms with Crippen molar-refractivity contribution in [2.24, 2.45) is 7.05 Å². The zero-order valence-electron chi connectivity index (χ0n) is 12.9. The minimum absolute atomic E-state index is 0.124. The molecule has 3 aromatic rings. The average Bonchev–Trinajstić information content (AvgIpc) is 3.06. The van der Waals surface area contributed by atoms with Crippen LogP contribution < -0.4 is 10.5 Å². The summed E-state index contributed by atoms with van der Waals surface area (Å²) in [6.45, 7) is 2.70. The molecular weight excluding hydrogens is 300 g/mol. The maximum absolute atomic E-state index is 12.1. The Morgan fingerprint density at radius 2 is 2.23 bits per heavy atom. The van der Waals surface area contributed by atoms with Crippen molar-refractivity contribution in [3.8, 4) is 0 Å². The highest BCUT2D eigenvalue weighted by atomic mass is 32.1. The van der Waals surface area contributed by atoms with Gasteiger partial charge in [-0.05, 0) is 6.42 Å². The Balaban J connectivity index is 1.92. The number of hydrogen-bond donors (Lipinski definition) is 0. The summed E-state index contributed by atoms with van der Waals surface area (Å²) in [5.74, 6) is 0.939. The van der Waals surface area contributed by atoms with E-state index in [2.05, 4.69) is 22.0 Å². The van der Waals surface area contributed by atoms with Crippen molar-refractivity contribution < 1.29 is 0 Å². The van der Waals surface area contributed by atoms with Crippen LogP contribution in [0, 0.1) is 0 Å². The van der Waals surface area contributed by atoms with Crippen LogP contribution in [0.2, 0.25) is 0 Å². The zero-order chi connectivity index (χ0) is 15.7. The molecular formula is C14H18N6OS. The highest BCUT2D eigenvalue weighted by Gasteiger charge is 2.13. The molecule has 0 amide bonds. The molecule has 0 N–H and O–H groups in total. The number of hydrogen-bond acceptors (Lipinski definition) is 6. The molecule has 3 aromatic heterocycles. The lowest BCUT2D eigenvalue weighted by Gasteiger charge is -2.14. The normalized spacial score (nSPS) is 11.2. The Bertz CT molecular complexity index is 849. The standard InChI is InChI=1S/C14H18N6OS/c1-4-5-10-8-12(21)20-13(16-10)22-14(17-20)19(3)9-11-15-6-7-18(11)2/h6-8H,4-5,9H2,1-3H3.